The number of aryl methyl sites for hydroxylation is 1. The Balaban J connectivity index is 1.86. The van der Waals surface area contributed by atoms with Gasteiger partial charge in [0, 0.05) is 5.56 Å². The van der Waals surface area contributed by atoms with Crippen molar-refractivity contribution in [3.05, 3.63) is 53.6 Å². The summed E-state index contributed by atoms with van der Waals surface area (Å²) in [6, 6.07) is 12.1. The SMILES string of the molecule is CCC/C(=N\NS(=O)(=O)c1ccc(C)cc1)c1ccc2c(c1)OCO2. The molecule has 132 valence electrons. The average Bonchev–Trinajstić information content (AvgIpc) is 3.06. The summed E-state index contributed by atoms with van der Waals surface area (Å²) >= 11 is 0. The Morgan fingerprint density at radius 1 is 1.12 bits per heavy atom. The van der Waals surface area contributed by atoms with Gasteiger partial charge in [0.05, 0.1) is 10.6 Å². The van der Waals surface area contributed by atoms with Crippen LogP contribution >= 0.6 is 0 Å². The summed E-state index contributed by atoms with van der Waals surface area (Å²) in [5, 5.41) is 4.16. The van der Waals surface area contributed by atoms with Gasteiger partial charge in [0.25, 0.3) is 10.0 Å². The lowest BCUT2D eigenvalue weighted by Gasteiger charge is -2.09. The van der Waals surface area contributed by atoms with Crippen molar-refractivity contribution in [3.63, 3.8) is 0 Å². The molecule has 0 spiro atoms. The summed E-state index contributed by atoms with van der Waals surface area (Å²) in [5.74, 6) is 1.32. The minimum Gasteiger partial charge on any atom is -0.454 e. The molecule has 0 amide bonds. The van der Waals surface area contributed by atoms with Crippen LogP contribution in [0.4, 0.5) is 0 Å². The lowest BCUT2D eigenvalue weighted by atomic mass is 10.1. The zero-order chi connectivity index (χ0) is 17.9. The van der Waals surface area contributed by atoms with Gasteiger partial charge in [-0.1, -0.05) is 31.0 Å². The maximum atomic E-state index is 12.4. The van der Waals surface area contributed by atoms with E-state index in [0.717, 1.165) is 17.5 Å². The Kier molecular flexibility index (Phi) is 4.94. The smallest absolute Gasteiger partial charge is 0.276 e. The second-order valence-electron chi connectivity index (χ2n) is 5.78. The highest BCUT2D eigenvalue weighted by atomic mass is 32.2. The minimum absolute atomic E-state index is 0.184. The maximum Gasteiger partial charge on any atom is 0.276 e. The number of sulfonamides is 1. The molecular formula is C18H20N2O4S. The third-order valence-electron chi connectivity index (χ3n) is 3.82. The lowest BCUT2D eigenvalue weighted by Crippen LogP contribution is -2.20. The molecule has 6 nitrogen and oxygen atoms in total. The summed E-state index contributed by atoms with van der Waals surface area (Å²) < 4.78 is 35.5. The van der Waals surface area contributed by atoms with Crippen LogP contribution in [0.5, 0.6) is 11.5 Å². The largest absolute Gasteiger partial charge is 0.454 e. The molecule has 1 heterocycles. The zero-order valence-electron chi connectivity index (χ0n) is 14.2. The van der Waals surface area contributed by atoms with E-state index >= 15 is 0 Å². The van der Waals surface area contributed by atoms with Gasteiger partial charge >= 0.3 is 0 Å². The van der Waals surface area contributed by atoms with Crippen molar-refractivity contribution < 1.29 is 17.9 Å². The first-order valence-electron chi connectivity index (χ1n) is 8.04. The van der Waals surface area contributed by atoms with Crippen molar-refractivity contribution in [3.8, 4) is 11.5 Å². The van der Waals surface area contributed by atoms with Crippen LogP contribution < -0.4 is 14.3 Å². The van der Waals surface area contributed by atoms with Gasteiger partial charge in [-0.3, -0.25) is 0 Å². The van der Waals surface area contributed by atoms with Gasteiger partial charge < -0.3 is 9.47 Å². The van der Waals surface area contributed by atoms with Crippen LogP contribution in [0.25, 0.3) is 0 Å². The van der Waals surface area contributed by atoms with Crippen molar-refractivity contribution in [1.29, 1.82) is 0 Å². The molecule has 25 heavy (non-hydrogen) atoms. The van der Waals surface area contributed by atoms with Crippen LogP contribution in [0, 0.1) is 6.92 Å². The molecule has 7 heteroatoms. The van der Waals surface area contributed by atoms with Crippen LogP contribution in [0.2, 0.25) is 0 Å². The van der Waals surface area contributed by atoms with E-state index < -0.39 is 10.0 Å². The molecule has 0 fully saturated rings. The van der Waals surface area contributed by atoms with E-state index in [0.29, 0.717) is 23.6 Å². The van der Waals surface area contributed by atoms with E-state index in [1.807, 2.05) is 26.0 Å². The van der Waals surface area contributed by atoms with Crippen molar-refractivity contribution in [2.45, 2.75) is 31.6 Å². The van der Waals surface area contributed by atoms with Crippen molar-refractivity contribution >= 4 is 15.7 Å². The molecule has 0 radical (unpaired) electrons. The van der Waals surface area contributed by atoms with Gasteiger partial charge in [0.15, 0.2) is 11.5 Å². The summed E-state index contributed by atoms with van der Waals surface area (Å²) in [6.07, 6.45) is 1.47. The maximum absolute atomic E-state index is 12.4. The van der Waals surface area contributed by atoms with Crippen molar-refractivity contribution in [1.82, 2.24) is 4.83 Å². The van der Waals surface area contributed by atoms with E-state index in [9.17, 15) is 8.42 Å². The van der Waals surface area contributed by atoms with Gasteiger partial charge in [0.2, 0.25) is 6.79 Å². The number of fused-ring (bicyclic) bond motifs is 1. The molecule has 2 aromatic carbocycles. The standard InChI is InChI=1S/C18H20N2O4S/c1-3-4-16(14-7-10-17-18(11-14)24-12-23-17)19-20-25(21,22)15-8-5-13(2)6-9-15/h5-11,20H,3-4,12H2,1-2H3/b19-16+. The van der Waals surface area contributed by atoms with Crippen LogP contribution in [0.15, 0.2) is 52.5 Å². The van der Waals surface area contributed by atoms with Crippen LogP contribution in [0.3, 0.4) is 0 Å². The number of nitrogens with zero attached hydrogens (tertiary/aromatic N) is 1. The number of ether oxygens (including phenoxy) is 2. The first-order valence-corrected chi connectivity index (χ1v) is 9.53. The molecule has 0 saturated heterocycles. The molecular weight excluding hydrogens is 340 g/mol. The highest BCUT2D eigenvalue weighted by molar-refractivity contribution is 7.89. The number of hydrogen-bond acceptors (Lipinski definition) is 5. The Labute approximate surface area is 147 Å². The number of benzene rings is 2. The molecule has 0 saturated carbocycles. The third-order valence-corrected chi connectivity index (χ3v) is 5.05. The number of nitrogens with one attached hydrogen (secondary N) is 1. The molecule has 0 unspecified atom stereocenters. The van der Waals surface area contributed by atoms with Crippen molar-refractivity contribution in [2.24, 2.45) is 5.10 Å². The Bertz CT molecular complexity index is 890. The number of hydrazone groups is 1. The summed E-state index contributed by atoms with van der Waals surface area (Å²) in [5.41, 5.74) is 2.45. The van der Waals surface area contributed by atoms with Gasteiger partial charge in [0.1, 0.15) is 0 Å². The van der Waals surface area contributed by atoms with Gasteiger partial charge in [-0.25, -0.2) is 0 Å². The Hall–Kier alpha value is -2.54. The fourth-order valence-electron chi connectivity index (χ4n) is 2.46. The summed E-state index contributed by atoms with van der Waals surface area (Å²) in [6.45, 7) is 4.11. The van der Waals surface area contributed by atoms with Crippen molar-refractivity contribution in [2.75, 3.05) is 6.79 Å². The van der Waals surface area contributed by atoms with E-state index in [1.165, 1.54) is 0 Å². The van der Waals surface area contributed by atoms with Gasteiger partial charge in [-0.05, 0) is 43.7 Å². The minimum atomic E-state index is -3.70. The highest BCUT2D eigenvalue weighted by Gasteiger charge is 2.17. The lowest BCUT2D eigenvalue weighted by molar-refractivity contribution is 0.174. The zero-order valence-corrected chi connectivity index (χ0v) is 15.0. The normalized spacial score (nSPS) is 13.8. The quantitative estimate of drug-likeness (QED) is 0.634. The molecule has 3 rings (SSSR count). The first kappa shape index (κ1) is 17.3. The molecule has 0 bridgehead atoms. The van der Waals surface area contributed by atoms with E-state index in [4.69, 9.17) is 9.47 Å². The molecule has 1 aliphatic heterocycles. The second kappa shape index (κ2) is 7.14. The van der Waals surface area contributed by atoms with E-state index in [2.05, 4.69) is 9.93 Å². The molecule has 2 aromatic rings. The fraction of sp³-hybridized carbons (Fsp3) is 0.278. The molecule has 0 aromatic heterocycles. The topological polar surface area (TPSA) is 77.0 Å². The van der Waals surface area contributed by atoms with Crippen LogP contribution in [-0.4, -0.2) is 20.9 Å². The fourth-order valence-corrected chi connectivity index (χ4v) is 3.29. The Morgan fingerprint density at radius 3 is 2.56 bits per heavy atom. The van der Waals surface area contributed by atoms with Gasteiger partial charge in [-0.15, -0.1) is 0 Å². The summed E-state index contributed by atoms with van der Waals surface area (Å²) in [7, 11) is -3.70. The summed E-state index contributed by atoms with van der Waals surface area (Å²) in [4.78, 5) is 2.52. The first-order chi connectivity index (χ1) is 12.0. The predicted molar refractivity (Wildman–Crippen MR) is 95.5 cm³/mol. The van der Waals surface area contributed by atoms with Gasteiger partial charge in [-0.2, -0.15) is 18.4 Å². The van der Waals surface area contributed by atoms with E-state index in [-0.39, 0.29) is 11.7 Å². The third kappa shape index (κ3) is 3.93. The second-order valence-corrected chi connectivity index (χ2v) is 7.45. The highest BCUT2D eigenvalue weighted by Crippen LogP contribution is 2.33. The molecule has 0 atom stereocenters. The number of rotatable bonds is 6. The van der Waals surface area contributed by atoms with Crippen LogP contribution in [0.1, 0.15) is 30.9 Å². The number of hydrogen-bond donors (Lipinski definition) is 1. The van der Waals surface area contributed by atoms with E-state index in [1.54, 1.807) is 30.3 Å². The predicted octanol–water partition coefficient (Wildman–Crippen LogP) is 3.21. The van der Waals surface area contributed by atoms with Crippen LogP contribution in [-0.2, 0) is 10.0 Å². The molecule has 0 aliphatic carbocycles. The monoisotopic (exact) mass is 360 g/mol. The molecule has 1 N–H and O–H groups in total. The molecule has 1 aliphatic rings. The Morgan fingerprint density at radius 2 is 1.84 bits per heavy atom. The average molecular weight is 360 g/mol.